The number of thioether (sulfide) groups is 1. The van der Waals surface area contributed by atoms with Gasteiger partial charge >= 0.3 is 0 Å². The number of hydrogen-bond donors (Lipinski definition) is 2. The molecule has 19 heavy (non-hydrogen) atoms. The lowest BCUT2D eigenvalue weighted by Gasteiger charge is -2.27. The summed E-state index contributed by atoms with van der Waals surface area (Å²) in [6.07, 6.45) is 11.2. The van der Waals surface area contributed by atoms with Gasteiger partial charge in [0.25, 0.3) is 0 Å². The van der Waals surface area contributed by atoms with Crippen LogP contribution in [0.1, 0.15) is 58.3 Å². The third kappa shape index (κ3) is 5.74. The van der Waals surface area contributed by atoms with Crippen molar-refractivity contribution in [3.8, 4) is 0 Å². The molecule has 112 valence electrons. The van der Waals surface area contributed by atoms with Gasteiger partial charge in [-0.3, -0.25) is 4.79 Å². The molecule has 1 aliphatic rings. The molecule has 1 aliphatic heterocycles. The summed E-state index contributed by atoms with van der Waals surface area (Å²) >= 11 is 1.91. The quantitative estimate of drug-likeness (QED) is 0.607. The highest BCUT2D eigenvalue weighted by molar-refractivity contribution is 7.98. The van der Waals surface area contributed by atoms with Gasteiger partial charge in [0.2, 0.25) is 5.91 Å². The molecule has 4 heteroatoms. The predicted molar refractivity (Wildman–Crippen MR) is 84.7 cm³/mol. The summed E-state index contributed by atoms with van der Waals surface area (Å²) in [6, 6.07) is 0. The Balaban J connectivity index is 2.15. The van der Waals surface area contributed by atoms with Crippen LogP contribution in [0, 0.1) is 0 Å². The van der Waals surface area contributed by atoms with E-state index in [9.17, 15) is 4.79 Å². The second-order valence-electron chi connectivity index (χ2n) is 5.53. The van der Waals surface area contributed by atoms with E-state index in [1.165, 1.54) is 25.0 Å². The van der Waals surface area contributed by atoms with Crippen molar-refractivity contribution in [3.63, 3.8) is 0 Å². The Labute approximate surface area is 122 Å². The zero-order valence-corrected chi connectivity index (χ0v) is 13.4. The maximum atomic E-state index is 12.3. The Morgan fingerprint density at radius 2 is 2.11 bits per heavy atom. The maximum Gasteiger partial charge on any atom is 0.240 e. The standard InChI is InChI=1S/C15H30N2OS/c1-3-9-15(10-8-12-17-15)14(18)16-11-6-4-5-7-13-19-2/h17H,3-13H2,1-2H3,(H,16,18). The third-order valence-electron chi connectivity index (χ3n) is 3.92. The van der Waals surface area contributed by atoms with E-state index in [-0.39, 0.29) is 11.4 Å². The van der Waals surface area contributed by atoms with Gasteiger partial charge in [0.05, 0.1) is 5.54 Å². The molecule has 1 fully saturated rings. The summed E-state index contributed by atoms with van der Waals surface area (Å²) in [4.78, 5) is 12.3. The Morgan fingerprint density at radius 1 is 1.32 bits per heavy atom. The van der Waals surface area contributed by atoms with E-state index in [2.05, 4.69) is 23.8 Å². The van der Waals surface area contributed by atoms with Crippen LogP contribution in [0.15, 0.2) is 0 Å². The molecule has 0 saturated carbocycles. The zero-order chi connectivity index (χ0) is 14.0. The van der Waals surface area contributed by atoms with E-state index < -0.39 is 0 Å². The van der Waals surface area contributed by atoms with Crippen LogP contribution in [0.3, 0.4) is 0 Å². The van der Waals surface area contributed by atoms with Crippen molar-refractivity contribution in [1.29, 1.82) is 0 Å². The summed E-state index contributed by atoms with van der Waals surface area (Å²) in [5.41, 5.74) is -0.256. The molecule has 0 spiro atoms. The molecule has 2 N–H and O–H groups in total. The Kier molecular flexibility index (Phi) is 8.55. The predicted octanol–water partition coefficient (Wildman–Crippen LogP) is 2.95. The lowest BCUT2D eigenvalue weighted by molar-refractivity contribution is -0.127. The van der Waals surface area contributed by atoms with Gasteiger partial charge < -0.3 is 10.6 Å². The van der Waals surface area contributed by atoms with Crippen LogP contribution in [0.2, 0.25) is 0 Å². The van der Waals surface area contributed by atoms with Crippen molar-refractivity contribution in [2.24, 2.45) is 0 Å². The van der Waals surface area contributed by atoms with Crippen LogP contribution in [0.5, 0.6) is 0 Å². The number of carbonyl (C=O) groups is 1. The first-order valence-corrected chi connectivity index (χ1v) is 9.17. The average molecular weight is 286 g/mol. The second kappa shape index (κ2) is 9.65. The number of hydrogen-bond acceptors (Lipinski definition) is 3. The highest BCUT2D eigenvalue weighted by Crippen LogP contribution is 2.24. The van der Waals surface area contributed by atoms with Crippen molar-refractivity contribution >= 4 is 17.7 Å². The van der Waals surface area contributed by atoms with Crippen molar-refractivity contribution in [2.45, 2.75) is 63.8 Å². The number of unbranched alkanes of at least 4 members (excludes halogenated alkanes) is 3. The first-order valence-electron chi connectivity index (χ1n) is 7.77. The molecule has 0 aromatic carbocycles. The lowest BCUT2D eigenvalue weighted by atomic mass is 9.91. The van der Waals surface area contributed by atoms with Crippen molar-refractivity contribution in [3.05, 3.63) is 0 Å². The summed E-state index contributed by atoms with van der Waals surface area (Å²) in [7, 11) is 0. The number of amides is 1. The molecule has 0 aliphatic carbocycles. The fraction of sp³-hybridized carbons (Fsp3) is 0.933. The van der Waals surface area contributed by atoms with Crippen LogP contribution < -0.4 is 10.6 Å². The van der Waals surface area contributed by atoms with Crippen LogP contribution in [-0.4, -0.2) is 36.5 Å². The zero-order valence-electron chi connectivity index (χ0n) is 12.6. The normalized spacial score (nSPS) is 22.6. The van der Waals surface area contributed by atoms with E-state index in [1.54, 1.807) is 0 Å². The maximum absolute atomic E-state index is 12.3. The molecule has 1 saturated heterocycles. The van der Waals surface area contributed by atoms with Crippen LogP contribution in [-0.2, 0) is 4.79 Å². The molecular weight excluding hydrogens is 256 g/mol. The van der Waals surface area contributed by atoms with E-state index >= 15 is 0 Å². The van der Waals surface area contributed by atoms with Crippen LogP contribution in [0.25, 0.3) is 0 Å². The summed E-state index contributed by atoms with van der Waals surface area (Å²) in [5, 5.41) is 6.56. The molecule has 1 amide bonds. The van der Waals surface area contributed by atoms with Crippen molar-refractivity contribution in [2.75, 3.05) is 25.1 Å². The fourth-order valence-corrected chi connectivity index (χ4v) is 3.34. The molecule has 0 aromatic rings. The van der Waals surface area contributed by atoms with Crippen molar-refractivity contribution < 1.29 is 4.79 Å². The van der Waals surface area contributed by atoms with E-state index in [0.29, 0.717) is 0 Å². The lowest BCUT2D eigenvalue weighted by Crippen LogP contribution is -2.53. The first-order chi connectivity index (χ1) is 9.25. The molecule has 0 radical (unpaired) electrons. The Hall–Kier alpha value is -0.220. The van der Waals surface area contributed by atoms with E-state index in [1.807, 2.05) is 11.8 Å². The van der Waals surface area contributed by atoms with Gasteiger partial charge in [0.15, 0.2) is 0 Å². The second-order valence-corrected chi connectivity index (χ2v) is 6.51. The van der Waals surface area contributed by atoms with Gasteiger partial charge in [-0.25, -0.2) is 0 Å². The van der Waals surface area contributed by atoms with Crippen LogP contribution in [0.4, 0.5) is 0 Å². The minimum Gasteiger partial charge on any atom is -0.354 e. The molecule has 1 heterocycles. The van der Waals surface area contributed by atoms with Gasteiger partial charge in [-0.1, -0.05) is 26.2 Å². The smallest absolute Gasteiger partial charge is 0.240 e. The monoisotopic (exact) mass is 286 g/mol. The summed E-state index contributed by atoms with van der Waals surface area (Å²) < 4.78 is 0. The number of rotatable bonds is 10. The van der Waals surface area contributed by atoms with E-state index in [0.717, 1.165) is 45.2 Å². The highest BCUT2D eigenvalue weighted by Gasteiger charge is 2.39. The van der Waals surface area contributed by atoms with Crippen LogP contribution >= 0.6 is 11.8 Å². The fourth-order valence-electron chi connectivity index (χ4n) is 2.85. The summed E-state index contributed by atoms with van der Waals surface area (Å²) in [6.45, 7) is 3.98. The molecule has 1 rings (SSSR count). The topological polar surface area (TPSA) is 41.1 Å². The van der Waals surface area contributed by atoms with E-state index in [4.69, 9.17) is 0 Å². The molecular formula is C15H30N2OS. The highest BCUT2D eigenvalue weighted by atomic mass is 32.2. The Bertz CT molecular complexity index is 253. The Morgan fingerprint density at radius 3 is 2.74 bits per heavy atom. The summed E-state index contributed by atoms with van der Waals surface area (Å²) in [5.74, 6) is 1.49. The number of nitrogens with one attached hydrogen (secondary N) is 2. The van der Waals surface area contributed by atoms with Gasteiger partial charge in [-0.2, -0.15) is 11.8 Å². The molecule has 0 aromatic heterocycles. The molecule has 1 atom stereocenters. The molecule has 3 nitrogen and oxygen atoms in total. The van der Waals surface area contributed by atoms with Gasteiger partial charge in [-0.15, -0.1) is 0 Å². The average Bonchev–Trinajstić information content (AvgIpc) is 2.88. The molecule has 1 unspecified atom stereocenters. The first kappa shape index (κ1) is 16.8. The minimum atomic E-state index is -0.256. The minimum absolute atomic E-state index is 0.232. The van der Waals surface area contributed by atoms with Crippen molar-refractivity contribution in [1.82, 2.24) is 10.6 Å². The third-order valence-corrected chi connectivity index (χ3v) is 4.61. The van der Waals surface area contributed by atoms with Gasteiger partial charge in [-0.05, 0) is 50.7 Å². The van der Waals surface area contributed by atoms with Gasteiger partial charge in [0.1, 0.15) is 0 Å². The van der Waals surface area contributed by atoms with Gasteiger partial charge in [0, 0.05) is 6.54 Å². The largest absolute Gasteiger partial charge is 0.354 e. The molecule has 0 bridgehead atoms. The number of carbonyl (C=O) groups excluding carboxylic acids is 1. The SMILES string of the molecule is CCCC1(C(=O)NCCCCCCSC)CCCN1.